The molecule has 1 aromatic carbocycles. The molecular formula is C13H21BrN2O3S. The second-order valence-corrected chi connectivity index (χ2v) is 7.48. The minimum atomic E-state index is -3.51. The maximum absolute atomic E-state index is 12.3. The third-order valence-corrected chi connectivity index (χ3v) is 5.01. The lowest BCUT2D eigenvalue weighted by atomic mass is 10.2. The zero-order chi connectivity index (χ0) is 15.3. The van der Waals surface area contributed by atoms with Gasteiger partial charge >= 0.3 is 0 Å². The predicted octanol–water partition coefficient (Wildman–Crippen LogP) is 2.08. The Hall–Kier alpha value is -0.630. The van der Waals surface area contributed by atoms with Crippen molar-refractivity contribution >= 4 is 26.0 Å². The van der Waals surface area contributed by atoms with Gasteiger partial charge in [-0.15, -0.1) is 0 Å². The molecule has 7 heteroatoms. The Labute approximate surface area is 129 Å². The van der Waals surface area contributed by atoms with E-state index in [9.17, 15) is 8.42 Å². The van der Waals surface area contributed by atoms with E-state index in [1.807, 2.05) is 25.9 Å². The van der Waals surface area contributed by atoms with E-state index >= 15 is 0 Å². The van der Waals surface area contributed by atoms with Crippen molar-refractivity contribution in [1.82, 2.24) is 9.62 Å². The number of halogens is 1. The van der Waals surface area contributed by atoms with Gasteiger partial charge in [-0.25, -0.2) is 13.1 Å². The van der Waals surface area contributed by atoms with E-state index in [0.717, 1.165) is 13.0 Å². The molecule has 5 nitrogen and oxygen atoms in total. The summed E-state index contributed by atoms with van der Waals surface area (Å²) in [6.07, 6.45) is 0.754. The van der Waals surface area contributed by atoms with Crippen molar-refractivity contribution < 1.29 is 13.2 Å². The highest BCUT2D eigenvalue weighted by Gasteiger charge is 2.18. The van der Waals surface area contributed by atoms with Gasteiger partial charge in [0.05, 0.1) is 16.5 Å². The summed E-state index contributed by atoms with van der Waals surface area (Å²) >= 11 is 3.29. The Morgan fingerprint density at radius 3 is 2.55 bits per heavy atom. The molecule has 0 fully saturated rings. The smallest absolute Gasteiger partial charge is 0.240 e. The molecule has 0 amide bonds. The van der Waals surface area contributed by atoms with Crippen LogP contribution in [0.25, 0.3) is 0 Å². The lowest BCUT2D eigenvalue weighted by Crippen LogP contribution is -2.34. The van der Waals surface area contributed by atoms with Crippen LogP contribution in [-0.4, -0.2) is 47.1 Å². The van der Waals surface area contributed by atoms with Crippen molar-refractivity contribution in [2.75, 3.05) is 27.7 Å². The molecular weight excluding hydrogens is 344 g/mol. The van der Waals surface area contributed by atoms with Crippen LogP contribution in [-0.2, 0) is 10.0 Å². The Bertz CT molecular complexity index is 547. The summed E-state index contributed by atoms with van der Waals surface area (Å²) in [5.41, 5.74) is 0. The van der Waals surface area contributed by atoms with Crippen LogP contribution in [0.4, 0.5) is 0 Å². The molecule has 1 aromatic rings. The maximum Gasteiger partial charge on any atom is 0.240 e. The molecule has 0 heterocycles. The summed E-state index contributed by atoms with van der Waals surface area (Å²) in [6.45, 7) is 2.69. The average Bonchev–Trinajstić information content (AvgIpc) is 2.35. The average molecular weight is 365 g/mol. The largest absolute Gasteiger partial charge is 0.496 e. The lowest BCUT2D eigenvalue weighted by Gasteiger charge is -2.17. The Balaban J connectivity index is 2.81. The number of hydrogen-bond donors (Lipinski definition) is 1. The SMILES string of the molecule is COc1ccc(S(=O)(=O)NC(C)CCN(C)C)cc1Br. The van der Waals surface area contributed by atoms with Crippen LogP contribution in [0.2, 0.25) is 0 Å². The molecule has 1 rings (SSSR count). The summed E-state index contributed by atoms with van der Waals surface area (Å²) in [7, 11) is 1.95. The zero-order valence-electron chi connectivity index (χ0n) is 12.2. The number of ether oxygens (including phenoxy) is 1. The topological polar surface area (TPSA) is 58.6 Å². The highest BCUT2D eigenvalue weighted by Crippen LogP contribution is 2.27. The van der Waals surface area contributed by atoms with Gasteiger partial charge in [-0.1, -0.05) is 0 Å². The van der Waals surface area contributed by atoms with Crippen molar-refractivity contribution in [2.24, 2.45) is 0 Å². The molecule has 0 saturated heterocycles. The Kier molecular flexibility index (Phi) is 6.44. The van der Waals surface area contributed by atoms with E-state index in [0.29, 0.717) is 10.2 Å². The Morgan fingerprint density at radius 2 is 2.05 bits per heavy atom. The normalized spacial score (nSPS) is 13.5. The fourth-order valence-corrected chi connectivity index (χ4v) is 3.65. The van der Waals surface area contributed by atoms with Crippen LogP contribution < -0.4 is 9.46 Å². The summed E-state index contributed by atoms with van der Waals surface area (Å²) in [6, 6.07) is 4.58. The van der Waals surface area contributed by atoms with Gasteiger partial charge in [-0.05, 0) is 68.1 Å². The molecule has 0 saturated carbocycles. The molecule has 20 heavy (non-hydrogen) atoms. The van der Waals surface area contributed by atoms with Crippen molar-refractivity contribution in [3.63, 3.8) is 0 Å². The number of nitrogens with zero attached hydrogens (tertiary/aromatic N) is 1. The van der Waals surface area contributed by atoms with E-state index in [2.05, 4.69) is 20.7 Å². The number of nitrogens with one attached hydrogen (secondary N) is 1. The van der Waals surface area contributed by atoms with Crippen LogP contribution >= 0.6 is 15.9 Å². The number of sulfonamides is 1. The van der Waals surface area contributed by atoms with Crippen LogP contribution in [0.15, 0.2) is 27.6 Å². The molecule has 0 aromatic heterocycles. The highest BCUT2D eigenvalue weighted by molar-refractivity contribution is 9.10. The van der Waals surface area contributed by atoms with Gasteiger partial charge < -0.3 is 9.64 Å². The van der Waals surface area contributed by atoms with E-state index in [4.69, 9.17) is 4.74 Å². The van der Waals surface area contributed by atoms with E-state index in [1.54, 1.807) is 12.1 Å². The minimum absolute atomic E-state index is 0.122. The molecule has 1 unspecified atom stereocenters. The first-order valence-electron chi connectivity index (χ1n) is 6.27. The summed E-state index contributed by atoms with van der Waals surface area (Å²) in [4.78, 5) is 2.25. The van der Waals surface area contributed by atoms with E-state index in [1.165, 1.54) is 13.2 Å². The van der Waals surface area contributed by atoms with Gasteiger partial charge in [0.15, 0.2) is 0 Å². The van der Waals surface area contributed by atoms with Crippen LogP contribution in [0.1, 0.15) is 13.3 Å². The predicted molar refractivity (Wildman–Crippen MR) is 83.6 cm³/mol. The van der Waals surface area contributed by atoms with Gasteiger partial charge in [-0.2, -0.15) is 0 Å². The summed E-state index contributed by atoms with van der Waals surface area (Å²) in [5.74, 6) is 0.601. The van der Waals surface area contributed by atoms with Crippen molar-refractivity contribution in [3.05, 3.63) is 22.7 Å². The standard InChI is InChI=1S/C13H21BrN2O3S/c1-10(7-8-16(2)3)15-20(17,18)11-5-6-13(19-4)12(14)9-11/h5-6,9-10,15H,7-8H2,1-4H3. The fraction of sp³-hybridized carbons (Fsp3) is 0.538. The third-order valence-electron chi connectivity index (χ3n) is 2.80. The van der Waals surface area contributed by atoms with E-state index in [-0.39, 0.29) is 10.9 Å². The summed E-state index contributed by atoms with van der Waals surface area (Å²) in [5, 5.41) is 0. The molecule has 0 radical (unpaired) electrons. The van der Waals surface area contributed by atoms with E-state index < -0.39 is 10.0 Å². The number of benzene rings is 1. The number of methoxy groups -OCH3 is 1. The number of rotatable bonds is 7. The van der Waals surface area contributed by atoms with Gasteiger partial charge in [0, 0.05) is 6.04 Å². The summed E-state index contributed by atoms with van der Waals surface area (Å²) < 4.78 is 32.9. The molecule has 1 atom stereocenters. The minimum Gasteiger partial charge on any atom is -0.496 e. The van der Waals surface area contributed by atoms with Crippen molar-refractivity contribution in [2.45, 2.75) is 24.3 Å². The first-order chi connectivity index (χ1) is 9.26. The molecule has 114 valence electrons. The van der Waals surface area contributed by atoms with Crippen molar-refractivity contribution in [1.29, 1.82) is 0 Å². The van der Waals surface area contributed by atoms with Crippen molar-refractivity contribution in [3.8, 4) is 5.75 Å². The lowest BCUT2D eigenvalue weighted by molar-refractivity contribution is 0.379. The van der Waals surface area contributed by atoms with Crippen LogP contribution in [0.3, 0.4) is 0 Å². The molecule has 0 aliphatic rings. The second kappa shape index (κ2) is 7.40. The van der Waals surface area contributed by atoms with Gasteiger partial charge in [-0.3, -0.25) is 0 Å². The van der Waals surface area contributed by atoms with Crippen LogP contribution in [0.5, 0.6) is 5.75 Å². The third kappa shape index (κ3) is 5.05. The first-order valence-corrected chi connectivity index (χ1v) is 8.54. The van der Waals surface area contributed by atoms with Gasteiger partial charge in [0.25, 0.3) is 0 Å². The molecule has 0 aliphatic carbocycles. The molecule has 0 bridgehead atoms. The molecule has 0 spiro atoms. The molecule has 0 aliphatic heterocycles. The maximum atomic E-state index is 12.3. The Morgan fingerprint density at radius 1 is 1.40 bits per heavy atom. The van der Waals surface area contributed by atoms with Crippen LogP contribution in [0, 0.1) is 0 Å². The first kappa shape index (κ1) is 17.4. The molecule has 1 N–H and O–H groups in total. The zero-order valence-corrected chi connectivity index (χ0v) is 14.6. The second-order valence-electron chi connectivity index (χ2n) is 4.91. The van der Waals surface area contributed by atoms with Gasteiger partial charge in [0.2, 0.25) is 10.0 Å². The fourth-order valence-electron chi connectivity index (χ4n) is 1.66. The quantitative estimate of drug-likeness (QED) is 0.804. The highest BCUT2D eigenvalue weighted by atomic mass is 79.9. The monoisotopic (exact) mass is 364 g/mol. The van der Waals surface area contributed by atoms with Gasteiger partial charge in [0.1, 0.15) is 5.75 Å². The number of hydrogen-bond acceptors (Lipinski definition) is 4.